The highest BCUT2D eigenvalue weighted by Crippen LogP contribution is 2.77. The first-order valence-electron chi connectivity index (χ1n) is 11.6. The lowest BCUT2D eigenvalue weighted by molar-refractivity contribution is -0.385. The molecule has 0 radical (unpaired) electrons. The molecule has 0 unspecified atom stereocenters. The lowest BCUT2D eigenvalue weighted by Gasteiger charge is -2.36. The molecule has 1 saturated heterocycles. The largest absolute Gasteiger partial charge is 0.497 e. The Kier molecular flexibility index (Phi) is 7.29. The number of ether oxygens (including phenoxy) is 1. The SMILES string of the molecule is COc1ccc(C(=O)CN(C(=O)c2ccccc2[N+](=O)[O-])N2C(=O)[C@@H]3[C@@H](C2=O)[C@@]2(Cl)C(Cl)=C(Cl)[C@@]3(Cl)C2(Cl)Cl)cc1. The molecular formula is C25H15Cl6N3O7. The predicted octanol–water partition coefficient (Wildman–Crippen LogP) is 5.29. The molecule has 214 valence electrons. The monoisotopic (exact) mass is 679 g/mol. The Balaban J connectivity index is 1.62. The van der Waals surface area contributed by atoms with Crippen LogP contribution in [-0.2, 0) is 9.59 Å². The van der Waals surface area contributed by atoms with Gasteiger partial charge in [-0.15, -0.1) is 23.2 Å². The summed E-state index contributed by atoms with van der Waals surface area (Å²) in [5.41, 5.74) is -1.05. The zero-order chi connectivity index (χ0) is 30.2. The molecule has 1 heterocycles. The van der Waals surface area contributed by atoms with Crippen molar-refractivity contribution in [1.82, 2.24) is 10.0 Å². The number of hydrazine groups is 1. The molecule has 5 rings (SSSR count). The lowest BCUT2D eigenvalue weighted by atomic mass is 9.84. The summed E-state index contributed by atoms with van der Waals surface area (Å²) in [5, 5.41) is 11.9. The van der Waals surface area contributed by atoms with Gasteiger partial charge in [-0.3, -0.25) is 29.3 Å². The van der Waals surface area contributed by atoms with Crippen molar-refractivity contribution in [3.63, 3.8) is 0 Å². The average Bonchev–Trinajstić information content (AvgIpc) is 3.34. The highest BCUT2D eigenvalue weighted by atomic mass is 35.5. The number of alkyl halides is 4. The molecule has 16 heteroatoms. The minimum atomic E-state index is -2.23. The van der Waals surface area contributed by atoms with Gasteiger partial charge in [-0.1, -0.05) is 58.5 Å². The first-order valence-corrected chi connectivity index (χ1v) is 13.8. The number of ketones is 1. The maximum atomic E-state index is 13.9. The summed E-state index contributed by atoms with van der Waals surface area (Å²) in [6.45, 7) is -0.888. The number of rotatable bonds is 7. The average molecular weight is 682 g/mol. The number of hydrogen-bond donors (Lipinski definition) is 0. The van der Waals surface area contributed by atoms with Gasteiger partial charge < -0.3 is 4.74 Å². The molecular weight excluding hydrogens is 667 g/mol. The number of amides is 3. The number of benzene rings is 2. The van der Waals surface area contributed by atoms with Crippen LogP contribution < -0.4 is 4.74 Å². The molecule has 0 N–H and O–H groups in total. The van der Waals surface area contributed by atoms with E-state index in [2.05, 4.69) is 0 Å². The zero-order valence-electron chi connectivity index (χ0n) is 20.4. The topological polar surface area (TPSA) is 127 Å². The fraction of sp³-hybridized carbons (Fsp3) is 0.280. The standard InChI is InChI=1S/C25H15Cl6N3O7/c1-41-12-8-6-11(7-9-12)15(35)10-32(20(36)13-4-2-3-5-14(13)34(39)40)33-21(37)16-17(22(33)38)24(29)19(27)18(26)23(16,28)25(24,30)31/h2-9,16-17H,10H2,1H3/t16-,17-,23+,24+/m0/s1. The van der Waals surface area contributed by atoms with Crippen LogP contribution in [0.25, 0.3) is 0 Å². The van der Waals surface area contributed by atoms with Crippen LogP contribution in [-0.4, -0.2) is 66.2 Å². The van der Waals surface area contributed by atoms with E-state index in [1.165, 1.54) is 43.5 Å². The van der Waals surface area contributed by atoms with E-state index in [4.69, 9.17) is 74.3 Å². The van der Waals surface area contributed by atoms with Crippen molar-refractivity contribution in [2.45, 2.75) is 14.1 Å². The lowest BCUT2D eigenvalue weighted by Crippen LogP contribution is -2.56. The molecule has 2 aliphatic carbocycles. The minimum absolute atomic E-state index is 0.0847. The number of Topliss-reactive ketones (excluding diaryl/α,β-unsaturated/α-hetero) is 1. The van der Waals surface area contributed by atoms with Gasteiger partial charge in [-0.2, -0.15) is 5.01 Å². The molecule has 2 fully saturated rings. The van der Waals surface area contributed by atoms with Gasteiger partial charge in [0.25, 0.3) is 23.4 Å². The number of allylic oxidation sites excluding steroid dienone is 2. The Bertz CT molecular complexity index is 1540. The summed E-state index contributed by atoms with van der Waals surface area (Å²) in [7, 11) is 1.43. The summed E-state index contributed by atoms with van der Waals surface area (Å²) >= 11 is 39.2. The summed E-state index contributed by atoms with van der Waals surface area (Å²) in [5.74, 6) is -6.91. The second-order valence-corrected chi connectivity index (χ2v) is 12.6. The van der Waals surface area contributed by atoms with E-state index in [0.29, 0.717) is 15.8 Å². The highest BCUT2D eigenvalue weighted by Gasteiger charge is 2.88. The van der Waals surface area contributed by atoms with Gasteiger partial charge in [0, 0.05) is 11.6 Å². The number of hydrogen-bond acceptors (Lipinski definition) is 7. The third-order valence-electron chi connectivity index (χ3n) is 7.40. The number of para-hydroxylation sites is 1. The van der Waals surface area contributed by atoms with Crippen LogP contribution in [0.2, 0.25) is 0 Å². The molecule has 3 aliphatic rings. The van der Waals surface area contributed by atoms with Gasteiger partial charge >= 0.3 is 0 Å². The third-order valence-corrected chi connectivity index (χ3v) is 11.7. The number of halogens is 6. The van der Waals surface area contributed by atoms with Gasteiger partial charge in [0.1, 0.15) is 27.6 Å². The van der Waals surface area contributed by atoms with E-state index in [1.54, 1.807) is 0 Å². The number of nitro benzene ring substituents is 1. The number of carbonyl (C=O) groups is 4. The summed E-state index contributed by atoms with van der Waals surface area (Å²) < 4.78 is 2.86. The van der Waals surface area contributed by atoms with E-state index in [9.17, 15) is 29.3 Å². The smallest absolute Gasteiger partial charge is 0.282 e. The molecule has 0 spiro atoms. The van der Waals surface area contributed by atoms with E-state index in [0.717, 1.165) is 12.1 Å². The normalized spacial score (nSPS) is 27.7. The number of nitro groups is 1. The van der Waals surface area contributed by atoms with Crippen molar-refractivity contribution in [3.05, 3.63) is 79.8 Å². The third kappa shape index (κ3) is 3.85. The summed E-state index contributed by atoms with van der Waals surface area (Å²) in [4.78, 5) is 61.6. The second kappa shape index (κ2) is 10.00. The van der Waals surface area contributed by atoms with Crippen LogP contribution in [0.15, 0.2) is 58.6 Å². The number of carbonyl (C=O) groups excluding carboxylic acids is 4. The number of nitrogens with zero attached hydrogens (tertiary/aromatic N) is 3. The van der Waals surface area contributed by atoms with Crippen LogP contribution in [0.1, 0.15) is 20.7 Å². The molecule has 3 amide bonds. The van der Waals surface area contributed by atoms with Crippen molar-refractivity contribution in [1.29, 1.82) is 0 Å². The van der Waals surface area contributed by atoms with E-state index < -0.39 is 72.1 Å². The second-order valence-electron chi connectivity index (χ2n) is 9.36. The summed E-state index contributed by atoms with van der Waals surface area (Å²) in [6, 6.07) is 10.6. The Morgan fingerprint density at radius 2 is 1.46 bits per heavy atom. The van der Waals surface area contributed by atoms with E-state index in [1.807, 2.05) is 0 Å². The molecule has 1 saturated carbocycles. The van der Waals surface area contributed by atoms with Gasteiger partial charge in [0.15, 0.2) is 10.1 Å². The molecule has 41 heavy (non-hydrogen) atoms. The zero-order valence-corrected chi connectivity index (χ0v) is 25.0. The first kappa shape index (κ1) is 29.9. The Morgan fingerprint density at radius 3 is 1.95 bits per heavy atom. The molecule has 2 bridgehead atoms. The minimum Gasteiger partial charge on any atom is -0.497 e. The van der Waals surface area contributed by atoms with Crippen LogP contribution in [0.3, 0.4) is 0 Å². The van der Waals surface area contributed by atoms with Crippen molar-refractivity contribution in [2.24, 2.45) is 11.8 Å². The van der Waals surface area contributed by atoms with Crippen LogP contribution in [0.4, 0.5) is 5.69 Å². The Morgan fingerprint density at radius 1 is 0.951 bits per heavy atom. The van der Waals surface area contributed by atoms with Crippen molar-refractivity contribution >= 4 is 98.8 Å². The van der Waals surface area contributed by atoms with Crippen LogP contribution in [0, 0.1) is 22.0 Å². The number of imide groups is 1. The maximum absolute atomic E-state index is 13.9. The highest BCUT2D eigenvalue weighted by molar-refractivity contribution is 6.66. The maximum Gasteiger partial charge on any atom is 0.282 e. The molecule has 4 atom stereocenters. The number of methoxy groups -OCH3 is 1. The first-order chi connectivity index (χ1) is 19.2. The molecule has 0 aromatic heterocycles. The summed E-state index contributed by atoms with van der Waals surface area (Å²) in [6.07, 6.45) is 0. The van der Waals surface area contributed by atoms with E-state index in [-0.39, 0.29) is 15.6 Å². The van der Waals surface area contributed by atoms with Crippen LogP contribution in [0.5, 0.6) is 5.75 Å². The van der Waals surface area contributed by atoms with Gasteiger partial charge in [0.05, 0.1) is 33.9 Å². The van der Waals surface area contributed by atoms with Crippen LogP contribution >= 0.6 is 69.6 Å². The molecule has 1 aliphatic heterocycles. The Hall–Kier alpha value is -2.60. The van der Waals surface area contributed by atoms with Gasteiger partial charge in [-0.05, 0) is 30.3 Å². The quantitative estimate of drug-likeness (QED) is 0.128. The fourth-order valence-corrected chi connectivity index (χ4v) is 8.34. The van der Waals surface area contributed by atoms with Crippen molar-refractivity contribution in [2.75, 3.05) is 13.7 Å². The predicted molar refractivity (Wildman–Crippen MR) is 151 cm³/mol. The molecule has 2 aromatic carbocycles. The van der Waals surface area contributed by atoms with E-state index >= 15 is 0 Å². The number of fused-ring (bicyclic) bond motifs is 5. The molecule has 10 nitrogen and oxygen atoms in total. The van der Waals surface area contributed by atoms with Gasteiger partial charge in [-0.25, -0.2) is 5.01 Å². The molecule has 2 aromatic rings. The Labute approximate surface area is 261 Å². The van der Waals surface area contributed by atoms with Crippen molar-refractivity contribution in [3.8, 4) is 5.75 Å². The fourth-order valence-electron chi connectivity index (χ4n) is 5.41. The van der Waals surface area contributed by atoms with Gasteiger partial charge in [0.2, 0.25) is 0 Å². The van der Waals surface area contributed by atoms with Crippen molar-refractivity contribution < 1.29 is 28.8 Å².